The molecule has 2 aromatic carbocycles. The summed E-state index contributed by atoms with van der Waals surface area (Å²) in [6, 6.07) is 12.9. The Kier molecular flexibility index (Phi) is 11.6. The number of hydrogen-bond donors (Lipinski definition) is 2. The van der Waals surface area contributed by atoms with Crippen LogP contribution in [0.15, 0.2) is 48.2 Å². The average molecular weight is 485 g/mol. The Morgan fingerprint density at radius 3 is 2.57 bits per heavy atom. The summed E-state index contributed by atoms with van der Waals surface area (Å²) in [5.74, 6) is -0.756. The van der Waals surface area contributed by atoms with Gasteiger partial charge in [0.2, 0.25) is 5.76 Å². The minimum absolute atomic E-state index is 0.160. The van der Waals surface area contributed by atoms with Gasteiger partial charge in [-0.2, -0.15) is 0 Å². The van der Waals surface area contributed by atoms with Crippen LogP contribution in [-0.2, 0) is 14.3 Å². The highest BCUT2D eigenvalue weighted by Gasteiger charge is 2.14. The maximum atomic E-state index is 12.6. The highest BCUT2D eigenvalue weighted by Crippen LogP contribution is 2.34. The summed E-state index contributed by atoms with van der Waals surface area (Å²) in [6.45, 7) is 6.03. The Bertz CT molecular complexity index is 1000. The zero-order chi connectivity index (χ0) is 25.6. The number of unbranched alkanes of at least 4 members (excludes halogenated alkanes) is 2. The third-order valence-corrected chi connectivity index (χ3v) is 5.33. The van der Waals surface area contributed by atoms with Crippen LogP contribution in [0.3, 0.4) is 0 Å². The molecule has 0 saturated carbocycles. The van der Waals surface area contributed by atoms with E-state index < -0.39 is 5.97 Å². The van der Waals surface area contributed by atoms with Gasteiger partial charge in [0.15, 0.2) is 0 Å². The molecular weight excluding hydrogens is 448 g/mol. The number of aliphatic carboxylic acids is 1. The van der Waals surface area contributed by atoms with Gasteiger partial charge in [0.1, 0.15) is 12.4 Å². The topological polar surface area (TPSA) is 97.3 Å². The minimum Gasteiger partial charge on any atom is -0.491 e. The number of carboxylic acids is 1. The summed E-state index contributed by atoms with van der Waals surface area (Å²) < 4.78 is 16.3. The summed E-state index contributed by atoms with van der Waals surface area (Å²) in [6.07, 6.45) is 4.57. The lowest BCUT2D eigenvalue weighted by molar-refractivity contribution is -0.135. The van der Waals surface area contributed by atoms with Crippen molar-refractivity contribution in [2.45, 2.75) is 33.1 Å². The number of carbonyl (C=O) groups is 2. The fourth-order valence-corrected chi connectivity index (χ4v) is 3.39. The second kappa shape index (κ2) is 14.7. The Labute approximate surface area is 207 Å². The number of nitrogens with zero attached hydrogens (tertiary/aromatic N) is 1. The molecule has 0 atom stereocenters. The number of anilines is 1. The summed E-state index contributed by atoms with van der Waals surface area (Å²) in [5.41, 5.74) is 3.04. The first kappa shape index (κ1) is 27.7. The number of ether oxygens (including phenoxy) is 3. The number of benzene rings is 2. The van der Waals surface area contributed by atoms with Gasteiger partial charge >= 0.3 is 12.0 Å². The first-order chi connectivity index (χ1) is 16.9. The Hall–Kier alpha value is -3.52. The maximum absolute atomic E-state index is 12.6. The van der Waals surface area contributed by atoms with Gasteiger partial charge < -0.3 is 24.6 Å². The number of carbonyl (C=O) groups excluding carboxylic acids is 1. The molecule has 0 fully saturated rings. The van der Waals surface area contributed by atoms with Crippen molar-refractivity contribution in [1.29, 1.82) is 0 Å². The summed E-state index contributed by atoms with van der Waals surface area (Å²) in [7, 11) is 3.05. The van der Waals surface area contributed by atoms with Gasteiger partial charge in [-0.15, -0.1) is 0 Å². The van der Waals surface area contributed by atoms with Crippen molar-refractivity contribution in [3.8, 4) is 16.9 Å². The smallest absolute Gasteiger partial charge is 0.371 e. The number of amides is 2. The maximum Gasteiger partial charge on any atom is 0.371 e. The Morgan fingerprint density at radius 1 is 1.09 bits per heavy atom. The largest absolute Gasteiger partial charge is 0.491 e. The molecule has 0 heterocycles. The number of methoxy groups -OCH3 is 1. The van der Waals surface area contributed by atoms with Crippen LogP contribution in [0.5, 0.6) is 5.75 Å². The van der Waals surface area contributed by atoms with Crippen LogP contribution in [0.1, 0.15) is 38.7 Å². The van der Waals surface area contributed by atoms with Gasteiger partial charge in [0.05, 0.1) is 13.7 Å². The number of hydrogen-bond acceptors (Lipinski definition) is 5. The Balaban J connectivity index is 2.33. The lowest BCUT2D eigenvalue weighted by Crippen LogP contribution is -2.37. The van der Waals surface area contributed by atoms with E-state index in [0.717, 1.165) is 36.1 Å². The number of rotatable bonds is 14. The molecule has 2 amide bonds. The van der Waals surface area contributed by atoms with Crippen LogP contribution < -0.4 is 15.0 Å². The zero-order valence-electron chi connectivity index (χ0n) is 21.0. The second-order valence-corrected chi connectivity index (χ2v) is 7.87. The molecule has 0 spiro atoms. The molecule has 0 bridgehead atoms. The molecule has 8 heteroatoms. The molecule has 2 rings (SSSR count). The first-order valence-electron chi connectivity index (χ1n) is 11.9. The molecule has 0 aliphatic rings. The van der Waals surface area contributed by atoms with E-state index in [1.54, 1.807) is 24.1 Å². The molecule has 8 nitrogen and oxygen atoms in total. The van der Waals surface area contributed by atoms with E-state index >= 15 is 0 Å². The van der Waals surface area contributed by atoms with Crippen molar-refractivity contribution in [3.63, 3.8) is 0 Å². The number of urea groups is 1. The van der Waals surface area contributed by atoms with E-state index in [0.29, 0.717) is 37.7 Å². The van der Waals surface area contributed by atoms with Crippen molar-refractivity contribution in [1.82, 2.24) is 5.32 Å². The monoisotopic (exact) mass is 484 g/mol. The van der Waals surface area contributed by atoms with Gasteiger partial charge in [-0.05, 0) is 48.7 Å². The van der Waals surface area contributed by atoms with Crippen LogP contribution >= 0.6 is 0 Å². The molecule has 0 aliphatic carbocycles. The lowest BCUT2D eigenvalue weighted by Gasteiger charge is -2.20. The predicted molar refractivity (Wildman–Crippen MR) is 138 cm³/mol. The van der Waals surface area contributed by atoms with Gasteiger partial charge in [-0.1, -0.05) is 44.0 Å². The van der Waals surface area contributed by atoms with Crippen LogP contribution in [0, 0.1) is 0 Å². The third kappa shape index (κ3) is 8.64. The molecule has 0 aromatic heterocycles. The standard InChI is InChI=1S/C27H36N2O6/c1-5-7-8-14-28-27(32)29(3)22-11-9-10-21(19-22)23-13-12-20(18-25(33-4)26(30)31)17-24(23)35-16-15-34-6-2/h9-13,17-19H,5-8,14-16H2,1-4H3,(H,28,32)(H,30,31). The van der Waals surface area contributed by atoms with E-state index in [4.69, 9.17) is 14.2 Å². The van der Waals surface area contributed by atoms with E-state index in [1.165, 1.54) is 13.2 Å². The highest BCUT2D eigenvalue weighted by molar-refractivity contribution is 5.92. The van der Waals surface area contributed by atoms with E-state index in [2.05, 4.69) is 12.2 Å². The summed E-state index contributed by atoms with van der Waals surface area (Å²) in [5, 5.41) is 12.2. The van der Waals surface area contributed by atoms with Crippen molar-refractivity contribution >= 4 is 23.8 Å². The summed E-state index contributed by atoms with van der Waals surface area (Å²) >= 11 is 0. The van der Waals surface area contributed by atoms with Crippen LogP contribution in [-0.4, -0.2) is 57.6 Å². The van der Waals surface area contributed by atoms with Crippen LogP contribution in [0.2, 0.25) is 0 Å². The van der Waals surface area contributed by atoms with Crippen molar-refractivity contribution in [3.05, 3.63) is 53.8 Å². The SMILES string of the molecule is CCCCCNC(=O)N(C)c1cccc(-c2ccc(C=C(OC)C(=O)O)cc2OCCOCC)c1. The highest BCUT2D eigenvalue weighted by atomic mass is 16.5. The van der Waals surface area contributed by atoms with Crippen molar-refractivity contribution in [2.24, 2.45) is 0 Å². The van der Waals surface area contributed by atoms with E-state index in [1.807, 2.05) is 37.3 Å². The van der Waals surface area contributed by atoms with Crippen LogP contribution in [0.25, 0.3) is 17.2 Å². The van der Waals surface area contributed by atoms with E-state index in [9.17, 15) is 14.7 Å². The van der Waals surface area contributed by atoms with Gasteiger partial charge in [0, 0.05) is 31.5 Å². The number of carboxylic acid groups (broad SMARTS) is 1. The molecule has 0 saturated heterocycles. The normalized spacial score (nSPS) is 11.1. The zero-order valence-corrected chi connectivity index (χ0v) is 21.0. The summed E-state index contributed by atoms with van der Waals surface area (Å²) in [4.78, 5) is 25.5. The van der Waals surface area contributed by atoms with Gasteiger partial charge in [-0.25, -0.2) is 9.59 Å². The fraction of sp³-hybridized carbons (Fsp3) is 0.407. The molecule has 0 aliphatic heterocycles. The lowest BCUT2D eigenvalue weighted by atomic mass is 10.0. The first-order valence-corrected chi connectivity index (χ1v) is 11.9. The molecule has 35 heavy (non-hydrogen) atoms. The van der Waals surface area contributed by atoms with Gasteiger partial charge in [0.25, 0.3) is 0 Å². The predicted octanol–water partition coefficient (Wildman–Crippen LogP) is 5.18. The fourth-order valence-electron chi connectivity index (χ4n) is 3.39. The molecular formula is C27H36N2O6. The van der Waals surface area contributed by atoms with Gasteiger partial charge in [-0.3, -0.25) is 4.90 Å². The third-order valence-electron chi connectivity index (χ3n) is 5.33. The van der Waals surface area contributed by atoms with Crippen molar-refractivity contribution < 1.29 is 28.9 Å². The molecule has 0 radical (unpaired) electrons. The minimum atomic E-state index is -1.15. The van der Waals surface area contributed by atoms with E-state index in [-0.39, 0.29) is 11.8 Å². The number of nitrogens with one attached hydrogen (secondary N) is 1. The molecule has 0 unspecified atom stereocenters. The average Bonchev–Trinajstić information content (AvgIpc) is 2.87. The molecule has 2 aromatic rings. The Morgan fingerprint density at radius 2 is 1.89 bits per heavy atom. The quantitative estimate of drug-likeness (QED) is 0.218. The second-order valence-electron chi connectivity index (χ2n) is 7.87. The molecule has 190 valence electrons. The van der Waals surface area contributed by atoms with Crippen LogP contribution in [0.4, 0.5) is 10.5 Å². The molecule has 2 N–H and O–H groups in total. The van der Waals surface area contributed by atoms with Crippen molar-refractivity contribution in [2.75, 3.05) is 45.4 Å².